The Kier molecular flexibility index (Phi) is 3.19. The van der Waals surface area contributed by atoms with Gasteiger partial charge in [-0.1, -0.05) is 13.8 Å². The van der Waals surface area contributed by atoms with Crippen LogP contribution in [0.15, 0.2) is 16.8 Å². The molecule has 80 valence electrons. The summed E-state index contributed by atoms with van der Waals surface area (Å²) >= 11 is 3.44. The van der Waals surface area contributed by atoms with E-state index in [1.54, 1.807) is 22.7 Å². The van der Waals surface area contributed by atoms with Crippen molar-refractivity contribution in [1.82, 2.24) is 4.98 Å². The van der Waals surface area contributed by atoms with Crippen LogP contribution in [0.3, 0.4) is 0 Å². The summed E-state index contributed by atoms with van der Waals surface area (Å²) in [6, 6.07) is 2.12. The van der Waals surface area contributed by atoms with E-state index in [4.69, 9.17) is 5.73 Å². The van der Waals surface area contributed by atoms with E-state index in [2.05, 4.69) is 35.7 Å². The van der Waals surface area contributed by atoms with Gasteiger partial charge in [-0.3, -0.25) is 0 Å². The van der Waals surface area contributed by atoms with Gasteiger partial charge >= 0.3 is 0 Å². The minimum Gasteiger partial charge on any atom is -0.325 e. The van der Waals surface area contributed by atoms with Crippen LogP contribution in [0.2, 0.25) is 0 Å². The zero-order chi connectivity index (χ0) is 10.8. The highest BCUT2D eigenvalue weighted by Crippen LogP contribution is 2.34. The van der Waals surface area contributed by atoms with Crippen molar-refractivity contribution in [2.24, 2.45) is 5.73 Å². The number of nitrogens with zero attached hydrogens (tertiary/aromatic N) is 1. The minimum absolute atomic E-state index is 0.512. The standard InChI is InChI=1S/C11H14N2S2/c1-7(2)11-10(8-3-4-14-6-8)13-9(5-12)15-11/h3-4,6-7H,5,12H2,1-2H3. The van der Waals surface area contributed by atoms with E-state index >= 15 is 0 Å². The smallest absolute Gasteiger partial charge is 0.107 e. The number of nitrogens with two attached hydrogens (primary N) is 1. The van der Waals surface area contributed by atoms with Crippen molar-refractivity contribution in [2.75, 3.05) is 0 Å². The lowest BCUT2D eigenvalue weighted by Crippen LogP contribution is -1.94. The molecule has 0 unspecified atom stereocenters. The Morgan fingerprint density at radius 2 is 2.27 bits per heavy atom. The Morgan fingerprint density at radius 3 is 2.80 bits per heavy atom. The Bertz CT molecular complexity index is 429. The van der Waals surface area contributed by atoms with E-state index < -0.39 is 0 Å². The van der Waals surface area contributed by atoms with Crippen molar-refractivity contribution in [3.05, 3.63) is 26.7 Å². The first kappa shape index (κ1) is 10.8. The molecule has 2 aromatic heterocycles. The Balaban J connectivity index is 2.49. The number of thiazole rings is 1. The Hall–Kier alpha value is -0.710. The molecule has 2 N–H and O–H groups in total. The predicted octanol–water partition coefficient (Wildman–Crippen LogP) is 3.45. The molecule has 0 amide bonds. The van der Waals surface area contributed by atoms with Crippen LogP contribution in [-0.2, 0) is 6.54 Å². The van der Waals surface area contributed by atoms with Crippen molar-refractivity contribution in [2.45, 2.75) is 26.3 Å². The number of thiophene rings is 1. The third-order valence-electron chi connectivity index (χ3n) is 2.19. The fraction of sp³-hybridized carbons (Fsp3) is 0.364. The molecule has 2 rings (SSSR count). The van der Waals surface area contributed by atoms with Gasteiger partial charge in [0.05, 0.1) is 5.69 Å². The summed E-state index contributed by atoms with van der Waals surface area (Å²) in [6.45, 7) is 4.93. The van der Waals surface area contributed by atoms with Crippen LogP contribution >= 0.6 is 22.7 Å². The Morgan fingerprint density at radius 1 is 1.47 bits per heavy atom. The van der Waals surface area contributed by atoms with Crippen molar-refractivity contribution in [1.29, 1.82) is 0 Å². The predicted molar refractivity (Wildman–Crippen MR) is 67.4 cm³/mol. The van der Waals surface area contributed by atoms with Gasteiger partial charge in [0.25, 0.3) is 0 Å². The van der Waals surface area contributed by atoms with E-state index in [1.165, 1.54) is 10.4 Å². The molecule has 0 aliphatic rings. The largest absolute Gasteiger partial charge is 0.325 e. The van der Waals surface area contributed by atoms with Crippen LogP contribution in [0.5, 0.6) is 0 Å². The summed E-state index contributed by atoms with van der Waals surface area (Å²) in [4.78, 5) is 5.93. The summed E-state index contributed by atoms with van der Waals surface area (Å²) in [5.74, 6) is 0.512. The molecule has 2 heterocycles. The second-order valence-electron chi connectivity index (χ2n) is 3.69. The molecular formula is C11H14N2S2. The van der Waals surface area contributed by atoms with Crippen LogP contribution in [0.25, 0.3) is 11.3 Å². The first-order chi connectivity index (χ1) is 7.22. The summed E-state index contributed by atoms with van der Waals surface area (Å²) in [5, 5.41) is 5.25. The maximum Gasteiger partial charge on any atom is 0.107 e. The second kappa shape index (κ2) is 4.43. The molecule has 0 radical (unpaired) electrons. The zero-order valence-corrected chi connectivity index (χ0v) is 10.5. The van der Waals surface area contributed by atoms with Gasteiger partial charge in [-0.25, -0.2) is 4.98 Å². The first-order valence-corrected chi connectivity index (χ1v) is 6.70. The molecular weight excluding hydrogens is 224 g/mol. The van der Waals surface area contributed by atoms with Gasteiger partial charge in [0.1, 0.15) is 5.01 Å². The molecule has 0 aromatic carbocycles. The van der Waals surface area contributed by atoms with Crippen LogP contribution in [-0.4, -0.2) is 4.98 Å². The fourth-order valence-electron chi connectivity index (χ4n) is 1.46. The van der Waals surface area contributed by atoms with Crippen LogP contribution in [0.4, 0.5) is 0 Å². The van der Waals surface area contributed by atoms with Crippen molar-refractivity contribution < 1.29 is 0 Å². The lowest BCUT2D eigenvalue weighted by Gasteiger charge is -2.02. The highest BCUT2D eigenvalue weighted by molar-refractivity contribution is 7.12. The molecule has 15 heavy (non-hydrogen) atoms. The van der Waals surface area contributed by atoms with E-state index in [9.17, 15) is 0 Å². The molecule has 0 bridgehead atoms. The van der Waals surface area contributed by atoms with E-state index in [-0.39, 0.29) is 0 Å². The lowest BCUT2D eigenvalue weighted by atomic mass is 10.1. The van der Waals surface area contributed by atoms with Crippen molar-refractivity contribution in [3.8, 4) is 11.3 Å². The SMILES string of the molecule is CC(C)c1sc(CN)nc1-c1ccsc1. The van der Waals surface area contributed by atoms with Gasteiger partial charge in [0.2, 0.25) is 0 Å². The first-order valence-electron chi connectivity index (χ1n) is 4.94. The summed E-state index contributed by atoms with van der Waals surface area (Å²) in [5.41, 5.74) is 7.98. The molecule has 0 fully saturated rings. The van der Waals surface area contributed by atoms with Crippen LogP contribution < -0.4 is 5.73 Å². The van der Waals surface area contributed by atoms with Crippen molar-refractivity contribution in [3.63, 3.8) is 0 Å². The van der Waals surface area contributed by atoms with Crippen LogP contribution in [0, 0.1) is 0 Å². The third-order valence-corrected chi connectivity index (χ3v) is 4.25. The van der Waals surface area contributed by atoms with Crippen molar-refractivity contribution >= 4 is 22.7 Å². The molecule has 4 heteroatoms. The summed E-state index contributed by atoms with van der Waals surface area (Å²) in [6.07, 6.45) is 0. The number of aromatic nitrogens is 1. The quantitative estimate of drug-likeness (QED) is 0.889. The van der Waals surface area contributed by atoms with Gasteiger partial charge in [-0.2, -0.15) is 11.3 Å². The number of hydrogen-bond donors (Lipinski definition) is 1. The molecule has 2 nitrogen and oxygen atoms in total. The summed E-state index contributed by atoms with van der Waals surface area (Å²) in [7, 11) is 0. The molecule has 0 aliphatic carbocycles. The monoisotopic (exact) mass is 238 g/mol. The molecule has 0 saturated carbocycles. The molecule has 0 spiro atoms. The molecule has 2 aromatic rings. The lowest BCUT2D eigenvalue weighted by molar-refractivity contribution is 0.887. The topological polar surface area (TPSA) is 38.9 Å². The number of hydrogen-bond acceptors (Lipinski definition) is 4. The van der Waals surface area contributed by atoms with E-state index in [0.717, 1.165) is 10.7 Å². The van der Waals surface area contributed by atoms with E-state index in [0.29, 0.717) is 12.5 Å². The van der Waals surface area contributed by atoms with Crippen LogP contribution in [0.1, 0.15) is 29.7 Å². The highest BCUT2D eigenvalue weighted by Gasteiger charge is 2.15. The van der Waals surface area contributed by atoms with Gasteiger partial charge in [0, 0.05) is 22.4 Å². The Labute approximate surface area is 97.8 Å². The average Bonchev–Trinajstić information content (AvgIpc) is 2.86. The van der Waals surface area contributed by atoms with E-state index in [1.807, 2.05) is 0 Å². The normalized spacial score (nSPS) is 11.2. The maximum atomic E-state index is 5.64. The third kappa shape index (κ3) is 2.12. The zero-order valence-electron chi connectivity index (χ0n) is 8.86. The number of rotatable bonds is 3. The highest BCUT2D eigenvalue weighted by atomic mass is 32.1. The van der Waals surface area contributed by atoms with Gasteiger partial charge in [-0.05, 0) is 17.4 Å². The molecule has 0 aliphatic heterocycles. The molecule has 0 saturated heterocycles. The van der Waals surface area contributed by atoms with Gasteiger partial charge in [-0.15, -0.1) is 11.3 Å². The minimum atomic E-state index is 0.512. The summed E-state index contributed by atoms with van der Waals surface area (Å²) < 4.78 is 0. The van der Waals surface area contributed by atoms with Gasteiger partial charge < -0.3 is 5.73 Å². The fourth-order valence-corrected chi connectivity index (χ4v) is 3.07. The second-order valence-corrected chi connectivity index (χ2v) is 5.59. The molecule has 0 atom stereocenters. The van der Waals surface area contributed by atoms with Gasteiger partial charge in [0.15, 0.2) is 0 Å². The maximum absolute atomic E-state index is 5.64. The average molecular weight is 238 g/mol.